The van der Waals surface area contributed by atoms with Crippen LogP contribution in [0.4, 0.5) is 11.4 Å². The quantitative estimate of drug-likeness (QED) is 0.526. The minimum atomic E-state index is -3.96. The van der Waals surface area contributed by atoms with E-state index in [4.69, 9.17) is 5.11 Å². The third-order valence-electron chi connectivity index (χ3n) is 3.85. The lowest BCUT2D eigenvalue weighted by Gasteiger charge is -2.10. The number of hydrogen-bond acceptors (Lipinski definition) is 5. The zero-order chi connectivity index (χ0) is 21.1. The summed E-state index contributed by atoms with van der Waals surface area (Å²) in [4.78, 5) is 10.7. The summed E-state index contributed by atoms with van der Waals surface area (Å²) in [7, 11) is -7.78. The maximum absolute atomic E-state index is 12.4. The molecule has 150 valence electrons. The Morgan fingerprint density at radius 1 is 0.621 bits per heavy atom. The van der Waals surface area contributed by atoms with Crippen LogP contribution in [0.5, 0.6) is 0 Å². The van der Waals surface area contributed by atoms with Crippen molar-refractivity contribution in [3.63, 3.8) is 0 Å². The standard InChI is InChI=1S/C19H16N2O6S2/c22-19(23)14-6-10-17(11-7-14)28(24,25)21-16-8-12-18(13-9-16)29(26,27)20-15-4-2-1-3-5-15/h1-13,20-21H,(H,22,23). The van der Waals surface area contributed by atoms with Gasteiger partial charge in [0.25, 0.3) is 20.0 Å². The van der Waals surface area contributed by atoms with Crippen LogP contribution >= 0.6 is 0 Å². The summed E-state index contributed by atoms with van der Waals surface area (Å²) in [6.07, 6.45) is 0. The Hall–Kier alpha value is -3.37. The highest BCUT2D eigenvalue weighted by Crippen LogP contribution is 2.21. The topological polar surface area (TPSA) is 130 Å². The molecule has 0 bridgehead atoms. The minimum Gasteiger partial charge on any atom is -0.478 e. The number of carboxylic acids is 1. The Balaban J connectivity index is 1.76. The molecule has 0 aliphatic rings. The van der Waals surface area contributed by atoms with Crippen molar-refractivity contribution >= 4 is 37.4 Å². The van der Waals surface area contributed by atoms with E-state index in [1.807, 2.05) is 0 Å². The average molecular weight is 432 g/mol. The van der Waals surface area contributed by atoms with E-state index in [1.165, 1.54) is 48.5 Å². The van der Waals surface area contributed by atoms with Gasteiger partial charge < -0.3 is 5.11 Å². The molecule has 0 amide bonds. The lowest BCUT2D eigenvalue weighted by Crippen LogP contribution is -2.14. The molecule has 3 aromatic carbocycles. The molecular weight excluding hydrogens is 416 g/mol. The zero-order valence-electron chi connectivity index (χ0n) is 14.8. The lowest BCUT2D eigenvalue weighted by molar-refractivity contribution is 0.0696. The number of anilines is 2. The highest BCUT2D eigenvalue weighted by atomic mass is 32.2. The summed E-state index contributed by atoms with van der Waals surface area (Å²) in [6, 6.07) is 18.3. The molecule has 8 nitrogen and oxygen atoms in total. The van der Waals surface area contributed by atoms with Gasteiger partial charge in [0.15, 0.2) is 0 Å². The summed E-state index contributed by atoms with van der Waals surface area (Å²) in [5, 5.41) is 8.88. The summed E-state index contributed by atoms with van der Waals surface area (Å²) < 4.78 is 54.4. The molecule has 0 fully saturated rings. The molecule has 3 aromatic rings. The van der Waals surface area contributed by atoms with Gasteiger partial charge in [0, 0.05) is 11.4 Å². The Morgan fingerprint density at radius 2 is 1.03 bits per heavy atom. The van der Waals surface area contributed by atoms with E-state index < -0.39 is 26.0 Å². The summed E-state index contributed by atoms with van der Waals surface area (Å²) in [5.41, 5.74) is 0.525. The number of sulfonamides is 2. The number of nitrogens with one attached hydrogen (secondary N) is 2. The molecule has 0 radical (unpaired) electrons. The van der Waals surface area contributed by atoms with Crippen LogP contribution in [-0.2, 0) is 20.0 Å². The molecule has 0 atom stereocenters. The average Bonchev–Trinajstić information content (AvgIpc) is 2.68. The van der Waals surface area contributed by atoms with Gasteiger partial charge in [-0.15, -0.1) is 0 Å². The van der Waals surface area contributed by atoms with E-state index in [-0.39, 0.29) is 21.0 Å². The molecule has 0 aromatic heterocycles. The monoisotopic (exact) mass is 432 g/mol. The molecule has 0 spiro atoms. The largest absolute Gasteiger partial charge is 0.478 e. The molecule has 0 saturated heterocycles. The van der Waals surface area contributed by atoms with Crippen LogP contribution in [0.25, 0.3) is 0 Å². The number of carboxylic acid groups (broad SMARTS) is 1. The first-order valence-corrected chi connectivity index (χ1v) is 11.2. The lowest BCUT2D eigenvalue weighted by atomic mass is 10.2. The zero-order valence-corrected chi connectivity index (χ0v) is 16.4. The van der Waals surface area contributed by atoms with Crippen molar-refractivity contribution in [3.8, 4) is 0 Å². The molecule has 3 rings (SSSR count). The second-order valence-electron chi connectivity index (χ2n) is 5.93. The van der Waals surface area contributed by atoms with Gasteiger partial charge in [-0.05, 0) is 60.7 Å². The normalized spacial score (nSPS) is 11.6. The Kier molecular flexibility index (Phi) is 5.57. The minimum absolute atomic E-state index is 0.0323. The molecular formula is C19H16N2O6S2. The van der Waals surface area contributed by atoms with Gasteiger partial charge in [-0.2, -0.15) is 0 Å². The van der Waals surface area contributed by atoms with Crippen LogP contribution in [0.2, 0.25) is 0 Å². The van der Waals surface area contributed by atoms with Crippen LogP contribution in [0.1, 0.15) is 10.4 Å². The number of carbonyl (C=O) groups is 1. The number of aromatic carboxylic acids is 1. The Morgan fingerprint density at radius 3 is 1.48 bits per heavy atom. The van der Waals surface area contributed by atoms with Crippen molar-refractivity contribution in [1.29, 1.82) is 0 Å². The SMILES string of the molecule is O=C(O)c1ccc(S(=O)(=O)Nc2ccc(S(=O)(=O)Nc3ccccc3)cc2)cc1. The van der Waals surface area contributed by atoms with Crippen LogP contribution in [0, 0.1) is 0 Å². The van der Waals surface area contributed by atoms with Gasteiger partial charge >= 0.3 is 5.97 Å². The van der Waals surface area contributed by atoms with Crippen molar-refractivity contribution < 1.29 is 26.7 Å². The third kappa shape index (κ3) is 4.92. The van der Waals surface area contributed by atoms with Crippen molar-refractivity contribution in [2.75, 3.05) is 9.44 Å². The molecule has 3 N–H and O–H groups in total. The predicted molar refractivity (Wildman–Crippen MR) is 108 cm³/mol. The van der Waals surface area contributed by atoms with E-state index in [9.17, 15) is 21.6 Å². The van der Waals surface area contributed by atoms with Gasteiger partial charge in [-0.25, -0.2) is 21.6 Å². The Labute approximate surface area is 167 Å². The van der Waals surface area contributed by atoms with Crippen LogP contribution < -0.4 is 9.44 Å². The van der Waals surface area contributed by atoms with Crippen LogP contribution in [0.3, 0.4) is 0 Å². The fourth-order valence-corrected chi connectivity index (χ4v) is 4.53. The predicted octanol–water partition coefficient (Wildman–Crippen LogP) is 2.99. The molecule has 10 heteroatoms. The second kappa shape index (κ2) is 7.94. The number of hydrogen-bond donors (Lipinski definition) is 3. The van der Waals surface area contributed by atoms with Crippen molar-refractivity contribution in [3.05, 3.63) is 84.4 Å². The molecule has 29 heavy (non-hydrogen) atoms. The smallest absolute Gasteiger partial charge is 0.335 e. The fourth-order valence-electron chi connectivity index (χ4n) is 2.41. The highest BCUT2D eigenvalue weighted by Gasteiger charge is 2.17. The van der Waals surface area contributed by atoms with Gasteiger partial charge in [0.2, 0.25) is 0 Å². The first kappa shape index (κ1) is 20.4. The van der Waals surface area contributed by atoms with Crippen LogP contribution in [-0.4, -0.2) is 27.9 Å². The molecule has 0 aliphatic heterocycles. The van der Waals surface area contributed by atoms with E-state index in [2.05, 4.69) is 9.44 Å². The maximum Gasteiger partial charge on any atom is 0.335 e. The molecule has 0 saturated carbocycles. The maximum atomic E-state index is 12.4. The third-order valence-corrected chi connectivity index (χ3v) is 6.65. The highest BCUT2D eigenvalue weighted by molar-refractivity contribution is 7.93. The van der Waals surface area contributed by atoms with Gasteiger partial charge in [0.1, 0.15) is 0 Å². The first-order valence-electron chi connectivity index (χ1n) is 8.21. The summed E-state index contributed by atoms with van der Waals surface area (Å²) in [6.45, 7) is 0. The van der Waals surface area contributed by atoms with E-state index in [0.29, 0.717) is 5.69 Å². The van der Waals surface area contributed by atoms with Gasteiger partial charge in [-0.1, -0.05) is 18.2 Å². The van der Waals surface area contributed by atoms with Gasteiger partial charge in [-0.3, -0.25) is 9.44 Å². The van der Waals surface area contributed by atoms with E-state index >= 15 is 0 Å². The molecule has 0 heterocycles. The van der Waals surface area contributed by atoms with Crippen molar-refractivity contribution in [1.82, 2.24) is 0 Å². The van der Waals surface area contributed by atoms with Crippen molar-refractivity contribution in [2.45, 2.75) is 9.79 Å². The van der Waals surface area contributed by atoms with E-state index in [1.54, 1.807) is 30.3 Å². The summed E-state index contributed by atoms with van der Waals surface area (Å²) >= 11 is 0. The second-order valence-corrected chi connectivity index (χ2v) is 9.30. The number of benzene rings is 3. The van der Waals surface area contributed by atoms with Crippen molar-refractivity contribution in [2.24, 2.45) is 0 Å². The fraction of sp³-hybridized carbons (Fsp3) is 0. The Bertz CT molecular complexity index is 1220. The number of para-hydroxylation sites is 1. The van der Waals surface area contributed by atoms with Gasteiger partial charge in [0.05, 0.1) is 15.4 Å². The molecule has 0 aliphatic carbocycles. The number of rotatable bonds is 7. The first-order chi connectivity index (χ1) is 13.7. The van der Waals surface area contributed by atoms with E-state index in [0.717, 1.165) is 0 Å². The summed E-state index contributed by atoms with van der Waals surface area (Å²) in [5.74, 6) is -1.16. The van der Waals surface area contributed by atoms with Crippen LogP contribution in [0.15, 0.2) is 88.7 Å². The molecule has 0 unspecified atom stereocenters.